The molecule has 1 N–H and O–H groups in total. The molecule has 0 saturated carbocycles. The Bertz CT molecular complexity index is 832. The average molecular weight is 340 g/mol. The molecule has 1 aromatic carbocycles. The fourth-order valence-corrected chi connectivity index (χ4v) is 3.86. The monoisotopic (exact) mass is 339 g/mol. The molecule has 1 saturated heterocycles. The summed E-state index contributed by atoms with van der Waals surface area (Å²) in [5.74, 6) is -0.665. The molecule has 1 aliphatic rings. The Labute approximate surface area is 133 Å². The van der Waals surface area contributed by atoms with E-state index in [1.165, 1.54) is 16.6 Å². The second kappa shape index (κ2) is 5.83. The molecule has 0 aliphatic carbocycles. The summed E-state index contributed by atoms with van der Waals surface area (Å²) in [6, 6.07) is 6.41. The van der Waals surface area contributed by atoms with Crippen LogP contribution in [-0.2, 0) is 10.2 Å². The summed E-state index contributed by atoms with van der Waals surface area (Å²) in [5.41, 5.74) is 0.795. The SMILES string of the molecule is O=C(NS(=O)(=O)N1CCCC1)c1ccnc2cc(Cl)ccc12. The van der Waals surface area contributed by atoms with E-state index in [2.05, 4.69) is 9.71 Å². The van der Waals surface area contributed by atoms with Gasteiger partial charge in [-0.3, -0.25) is 9.78 Å². The minimum atomic E-state index is -3.80. The second-order valence-electron chi connectivity index (χ2n) is 5.06. The third-order valence-electron chi connectivity index (χ3n) is 3.58. The van der Waals surface area contributed by atoms with Gasteiger partial charge in [-0.15, -0.1) is 0 Å². The molecule has 1 fully saturated rings. The molecule has 3 rings (SSSR count). The van der Waals surface area contributed by atoms with Crippen LogP contribution in [0.15, 0.2) is 30.5 Å². The maximum Gasteiger partial charge on any atom is 0.304 e. The first-order valence-electron chi connectivity index (χ1n) is 6.84. The van der Waals surface area contributed by atoms with Crippen LogP contribution in [0.5, 0.6) is 0 Å². The smallest absolute Gasteiger partial charge is 0.268 e. The number of amides is 1. The highest BCUT2D eigenvalue weighted by Crippen LogP contribution is 2.21. The first kappa shape index (κ1) is 15.2. The number of pyridine rings is 1. The second-order valence-corrected chi connectivity index (χ2v) is 7.17. The van der Waals surface area contributed by atoms with Crippen molar-refractivity contribution in [2.45, 2.75) is 12.8 Å². The van der Waals surface area contributed by atoms with Crippen LogP contribution < -0.4 is 4.72 Å². The lowest BCUT2D eigenvalue weighted by atomic mass is 10.1. The average Bonchev–Trinajstić information content (AvgIpc) is 3.00. The Hall–Kier alpha value is -1.70. The fourth-order valence-electron chi connectivity index (χ4n) is 2.48. The topological polar surface area (TPSA) is 79.4 Å². The van der Waals surface area contributed by atoms with E-state index >= 15 is 0 Å². The van der Waals surface area contributed by atoms with Gasteiger partial charge in [0.15, 0.2) is 0 Å². The van der Waals surface area contributed by atoms with Gasteiger partial charge >= 0.3 is 10.2 Å². The van der Waals surface area contributed by atoms with Gasteiger partial charge in [0.05, 0.1) is 11.1 Å². The fraction of sp³-hybridized carbons (Fsp3) is 0.286. The van der Waals surface area contributed by atoms with Crippen LogP contribution in [-0.4, -0.2) is 36.7 Å². The number of benzene rings is 1. The Morgan fingerprint density at radius 3 is 2.68 bits per heavy atom. The molecule has 0 atom stereocenters. The van der Waals surface area contributed by atoms with Crippen molar-refractivity contribution < 1.29 is 13.2 Å². The minimum absolute atomic E-state index is 0.254. The van der Waals surface area contributed by atoms with Crippen molar-refractivity contribution in [3.05, 3.63) is 41.0 Å². The number of nitrogens with one attached hydrogen (secondary N) is 1. The largest absolute Gasteiger partial charge is 0.304 e. The summed E-state index contributed by atoms with van der Waals surface area (Å²) >= 11 is 5.90. The van der Waals surface area contributed by atoms with Crippen LogP contribution in [0.1, 0.15) is 23.2 Å². The van der Waals surface area contributed by atoms with Crippen LogP contribution in [0.2, 0.25) is 5.02 Å². The highest BCUT2D eigenvalue weighted by Gasteiger charge is 2.27. The molecule has 2 aromatic rings. The molecule has 6 nitrogen and oxygen atoms in total. The summed E-state index contributed by atoms with van der Waals surface area (Å²) in [5, 5.41) is 1.06. The number of nitrogens with zero attached hydrogens (tertiary/aromatic N) is 2. The van der Waals surface area contributed by atoms with Crippen LogP contribution in [0.4, 0.5) is 0 Å². The molecule has 1 aromatic heterocycles. The van der Waals surface area contributed by atoms with E-state index in [-0.39, 0.29) is 5.56 Å². The number of carbonyl (C=O) groups excluding carboxylic acids is 1. The number of carbonyl (C=O) groups is 1. The molecule has 0 radical (unpaired) electrons. The summed E-state index contributed by atoms with van der Waals surface area (Å²) in [7, 11) is -3.80. The normalized spacial score (nSPS) is 16.0. The number of aromatic nitrogens is 1. The predicted molar refractivity (Wildman–Crippen MR) is 83.9 cm³/mol. The first-order chi connectivity index (χ1) is 10.5. The maximum atomic E-state index is 12.3. The highest BCUT2D eigenvalue weighted by atomic mass is 35.5. The van der Waals surface area contributed by atoms with Gasteiger partial charge in [-0.25, -0.2) is 4.72 Å². The van der Waals surface area contributed by atoms with E-state index in [1.54, 1.807) is 18.2 Å². The quantitative estimate of drug-likeness (QED) is 0.927. The lowest BCUT2D eigenvalue weighted by Crippen LogP contribution is -2.42. The molecule has 2 heterocycles. The van der Waals surface area contributed by atoms with Gasteiger partial charge in [-0.2, -0.15) is 12.7 Å². The first-order valence-corrected chi connectivity index (χ1v) is 8.66. The molecule has 0 bridgehead atoms. The zero-order chi connectivity index (χ0) is 15.7. The molecule has 8 heteroatoms. The van der Waals surface area contributed by atoms with Gasteiger partial charge in [0.1, 0.15) is 0 Å². The van der Waals surface area contributed by atoms with Crippen molar-refractivity contribution in [2.24, 2.45) is 0 Å². The molecule has 1 aliphatic heterocycles. The highest BCUT2D eigenvalue weighted by molar-refractivity contribution is 7.87. The number of hydrogen-bond donors (Lipinski definition) is 1. The number of rotatable bonds is 3. The van der Waals surface area contributed by atoms with Gasteiger partial charge in [0.2, 0.25) is 0 Å². The molecule has 0 unspecified atom stereocenters. The van der Waals surface area contributed by atoms with E-state index in [0.717, 1.165) is 12.8 Å². The van der Waals surface area contributed by atoms with Crippen molar-refractivity contribution in [1.82, 2.24) is 14.0 Å². The molecule has 1 amide bonds. The van der Waals surface area contributed by atoms with Gasteiger partial charge in [-0.05, 0) is 31.0 Å². The molecule has 0 spiro atoms. The van der Waals surface area contributed by atoms with Crippen LogP contribution in [0.3, 0.4) is 0 Å². The zero-order valence-corrected chi connectivity index (χ0v) is 13.2. The van der Waals surface area contributed by atoms with Gasteiger partial charge in [-0.1, -0.05) is 17.7 Å². The zero-order valence-electron chi connectivity index (χ0n) is 11.6. The van der Waals surface area contributed by atoms with E-state index in [1.807, 2.05) is 0 Å². The van der Waals surface area contributed by atoms with E-state index in [0.29, 0.717) is 29.0 Å². The standard InChI is InChI=1S/C14H14ClN3O3S/c15-10-3-4-11-12(5-6-16-13(11)9-10)14(19)17-22(20,21)18-7-1-2-8-18/h3-6,9H,1-2,7-8H2,(H,17,19). The van der Waals surface area contributed by atoms with Crippen molar-refractivity contribution >= 4 is 38.6 Å². The van der Waals surface area contributed by atoms with Crippen molar-refractivity contribution in [3.8, 4) is 0 Å². The van der Waals surface area contributed by atoms with Crippen molar-refractivity contribution in [3.63, 3.8) is 0 Å². The molecule has 116 valence electrons. The Morgan fingerprint density at radius 1 is 1.23 bits per heavy atom. The van der Waals surface area contributed by atoms with Crippen LogP contribution in [0.25, 0.3) is 10.9 Å². The minimum Gasteiger partial charge on any atom is -0.268 e. The third kappa shape index (κ3) is 2.92. The molecular formula is C14H14ClN3O3S. The summed E-state index contributed by atoms with van der Waals surface area (Å²) in [6.45, 7) is 0.880. The predicted octanol–water partition coefficient (Wildman–Crippen LogP) is 1.96. The maximum absolute atomic E-state index is 12.3. The Balaban J connectivity index is 1.92. The van der Waals surface area contributed by atoms with Crippen molar-refractivity contribution in [2.75, 3.05) is 13.1 Å². The van der Waals surface area contributed by atoms with Gasteiger partial charge < -0.3 is 0 Å². The van der Waals surface area contributed by atoms with E-state index in [4.69, 9.17) is 11.6 Å². The molecule has 22 heavy (non-hydrogen) atoms. The van der Waals surface area contributed by atoms with Crippen molar-refractivity contribution in [1.29, 1.82) is 0 Å². The van der Waals surface area contributed by atoms with E-state index in [9.17, 15) is 13.2 Å². The Kier molecular flexibility index (Phi) is 4.03. The summed E-state index contributed by atoms with van der Waals surface area (Å²) in [6.07, 6.45) is 3.08. The number of hydrogen-bond acceptors (Lipinski definition) is 4. The van der Waals surface area contributed by atoms with Gasteiger partial charge in [0, 0.05) is 29.7 Å². The molecular weight excluding hydrogens is 326 g/mol. The lowest BCUT2D eigenvalue weighted by molar-refractivity contribution is 0.0981. The summed E-state index contributed by atoms with van der Waals surface area (Å²) < 4.78 is 27.7. The van der Waals surface area contributed by atoms with Crippen LogP contribution in [0, 0.1) is 0 Å². The Morgan fingerprint density at radius 2 is 1.95 bits per heavy atom. The summed E-state index contributed by atoms with van der Waals surface area (Å²) in [4.78, 5) is 16.5. The number of halogens is 1. The number of fused-ring (bicyclic) bond motifs is 1. The van der Waals surface area contributed by atoms with Gasteiger partial charge in [0.25, 0.3) is 5.91 Å². The third-order valence-corrected chi connectivity index (χ3v) is 5.30. The van der Waals surface area contributed by atoms with Crippen LogP contribution >= 0.6 is 11.6 Å². The van der Waals surface area contributed by atoms with E-state index < -0.39 is 16.1 Å². The lowest BCUT2D eigenvalue weighted by Gasteiger charge is -2.16.